The summed E-state index contributed by atoms with van der Waals surface area (Å²) in [5.74, 6) is -1.92. The molecule has 7 nitrogen and oxygen atoms in total. The van der Waals surface area contributed by atoms with Crippen LogP contribution in [0.4, 0.5) is 0 Å². The summed E-state index contributed by atoms with van der Waals surface area (Å²) in [7, 11) is -4.04. The molecule has 0 saturated carbocycles. The molecule has 1 rings (SSSR count). The van der Waals surface area contributed by atoms with Crippen molar-refractivity contribution in [3.05, 3.63) is 23.3 Å². The van der Waals surface area contributed by atoms with E-state index in [0.717, 1.165) is 12.1 Å². The van der Waals surface area contributed by atoms with Gasteiger partial charge in [-0.15, -0.1) is 0 Å². The molecule has 0 amide bonds. The van der Waals surface area contributed by atoms with Crippen molar-refractivity contribution in [2.75, 3.05) is 0 Å². The third kappa shape index (κ3) is 3.92. The van der Waals surface area contributed by atoms with Gasteiger partial charge < -0.3 is 10.2 Å². The molecular formula is C12H17NO6S. The maximum Gasteiger partial charge on any atom is 0.339 e. The monoisotopic (exact) mass is 303 g/mol. The lowest BCUT2D eigenvalue weighted by Crippen LogP contribution is -2.34. The molecule has 0 spiro atoms. The summed E-state index contributed by atoms with van der Waals surface area (Å²) < 4.78 is 24.2. The highest BCUT2D eigenvalue weighted by Crippen LogP contribution is 2.25. The normalized spacial score (nSPS) is 12.4. The fourth-order valence-electron chi connectivity index (χ4n) is 1.36. The standard InChI is InChI=1S/C12H17NO6S/c1-7-5-9(14)8(11(15)16)6-10(7)20(17,18)13-19-12(2,3)4/h5-6,13-14H,1-4H3,(H,15,16). The quantitative estimate of drug-likeness (QED) is 0.725. The first-order valence-corrected chi connectivity index (χ1v) is 7.19. The van der Waals surface area contributed by atoms with E-state index in [1.54, 1.807) is 20.8 Å². The highest BCUT2D eigenvalue weighted by molar-refractivity contribution is 7.89. The zero-order valence-corrected chi connectivity index (χ0v) is 12.4. The van der Waals surface area contributed by atoms with Crippen LogP contribution in [-0.4, -0.2) is 30.2 Å². The number of phenols is 1. The lowest BCUT2D eigenvalue weighted by atomic mass is 10.1. The van der Waals surface area contributed by atoms with E-state index in [0.29, 0.717) is 0 Å². The second-order valence-corrected chi connectivity index (χ2v) is 6.85. The Morgan fingerprint density at radius 3 is 2.30 bits per heavy atom. The van der Waals surface area contributed by atoms with Crippen molar-refractivity contribution < 1.29 is 28.3 Å². The van der Waals surface area contributed by atoms with Gasteiger partial charge in [-0.2, -0.15) is 0 Å². The molecule has 1 aromatic rings. The highest BCUT2D eigenvalue weighted by atomic mass is 32.2. The number of nitrogens with one attached hydrogen (secondary N) is 1. The van der Waals surface area contributed by atoms with E-state index in [1.165, 1.54) is 6.92 Å². The van der Waals surface area contributed by atoms with Gasteiger partial charge in [-0.25, -0.2) is 13.2 Å². The van der Waals surface area contributed by atoms with Crippen molar-refractivity contribution in [3.63, 3.8) is 0 Å². The number of aromatic carboxylic acids is 1. The Morgan fingerprint density at radius 2 is 1.85 bits per heavy atom. The molecule has 0 radical (unpaired) electrons. The molecule has 0 fully saturated rings. The number of rotatable bonds is 4. The number of carboxylic acid groups (broad SMARTS) is 1. The van der Waals surface area contributed by atoms with E-state index < -0.39 is 32.9 Å². The van der Waals surface area contributed by atoms with Crippen LogP contribution in [0.2, 0.25) is 0 Å². The Bertz CT molecular complexity index is 630. The molecule has 112 valence electrons. The van der Waals surface area contributed by atoms with E-state index in [9.17, 15) is 18.3 Å². The number of benzene rings is 1. The molecular weight excluding hydrogens is 286 g/mol. The Balaban J connectivity index is 3.25. The molecule has 0 heterocycles. The molecule has 20 heavy (non-hydrogen) atoms. The van der Waals surface area contributed by atoms with E-state index in [2.05, 4.69) is 0 Å². The first-order valence-electron chi connectivity index (χ1n) is 5.71. The molecule has 0 saturated heterocycles. The summed E-state index contributed by atoms with van der Waals surface area (Å²) in [4.78, 5) is 17.6. The minimum atomic E-state index is -4.04. The molecule has 0 atom stereocenters. The Morgan fingerprint density at radius 1 is 1.30 bits per heavy atom. The molecule has 0 aliphatic heterocycles. The van der Waals surface area contributed by atoms with E-state index in [-0.39, 0.29) is 10.5 Å². The van der Waals surface area contributed by atoms with Gasteiger partial charge in [-0.05, 0) is 45.4 Å². The number of hydrogen-bond acceptors (Lipinski definition) is 5. The van der Waals surface area contributed by atoms with Crippen LogP contribution in [0, 0.1) is 6.92 Å². The summed E-state index contributed by atoms with van der Waals surface area (Å²) in [6.07, 6.45) is 0. The minimum absolute atomic E-state index is 0.206. The first kappa shape index (κ1) is 16.4. The van der Waals surface area contributed by atoms with Crippen LogP contribution in [0.3, 0.4) is 0 Å². The molecule has 3 N–H and O–H groups in total. The third-order valence-corrected chi connectivity index (χ3v) is 3.59. The predicted molar refractivity (Wildman–Crippen MR) is 71.0 cm³/mol. The average molecular weight is 303 g/mol. The third-order valence-electron chi connectivity index (χ3n) is 2.27. The first-order chi connectivity index (χ1) is 8.94. The van der Waals surface area contributed by atoms with Crippen molar-refractivity contribution in [1.82, 2.24) is 4.89 Å². The van der Waals surface area contributed by atoms with Crippen LogP contribution in [0.25, 0.3) is 0 Å². The number of carboxylic acids is 1. The lowest BCUT2D eigenvalue weighted by molar-refractivity contribution is -0.0357. The Hall–Kier alpha value is -1.64. The second kappa shape index (κ2) is 5.39. The summed E-state index contributed by atoms with van der Waals surface area (Å²) in [5, 5.41) is 18.4. The van der Waals surface area contributed by atoms with Gasteiger partial charge in [-0.1, -0.05) is 4.89 Å². The number of sulfonamides is 1. The van der Waals surface area contributed by atoms with Crippen molar-refractivity contribution >= 4 is 16.0 Å². The molecule has 0 aromatic heterocycles. The van der Waals surface area contributed by atoms with Crippen LogP contribution >= 0.6 is 0 Å². The van der Waals surface area contributed by atoms with E-state index in [1.807, 2.05) is 4.89 Å². The number of aryl methyl sites for hydroxylation is 1. The Kier molecular flexibility index (Phi) is 4.42. The SMILES string of the molecule is Cc1cc(O)c(C(=O)O)cc1S(=O)(=O)NOC(C)(C)C. The maximum atomic E-state index is 12.1. The zero-order chi connectivity index (χ0) is 15.7. The molecule has 0 bridgehead atoms. The van der Waals surface area contributed by atoms with Gasteiger partial charge in [0.2, 0.25) is 0 Å². The van der Waals surface area contributed by atoms with Crippen LogP contribution < -0.4 is 4.89 Å². The zero-order valence-electron chi connectivity index (χ0n) is 11.6. The molecule has 0 unspecified atom stereocenters. The highest BCUT2D eigenvalue weighted by Gasteiger charge is 2.24. The van der Waals surface area contributed by atoms with Gasteiger partial charge in [0.25, 0.3) is 10.0 Å². The number of hydrogen-bond donors (Lipinski definition) is 3. The van der Waals surface area contributed by atoms with E-state index >= 15 is 0 Å². The van der Waals surface area contributed by atoms with Crippen molar-refractivity contribution in [3.8, 4) is 5.75 Å². The van der Waals surface area contributed by atoms with Crippen LogP contribution in [0.5, 0.6) is 5.75 Å². The fraction of sp³-hybridized carbons (Fsp3) is 0.417. The molecule has 0 aliphatic carbocycles. The lowest BCUT2D eigenvalue weighted by Gasteiger charge is -2.20. The smallest absolute Gasteiger partial charge is 0.339 e. The maximum absolute atomic E-state index is 12.1. The average Bonchev–Trinajstić information content (AvgIpc) is 2.24. The van der Waals surface area contributed by atoms with Crippen LogP contribution in [0.1, 0.15) is 36.7 Å². The van der Waals surface area contributed by atoms with Crippen molar-refractivity contribution in [2.45, 2.75) is 38.2 Å². The summed E-state index contributed by atoms with van der Waals surface area (Å²) in [5.41, 5.74) is -1.03. The summed E-state index contributed by atoms with van der Waals surface area (Å²) in [6.45, 7) is 6.41. The van der Waals surface area contributed by atoms with Crippen LogP contribution in [0.15, 0.2) is 17.0 Å². The molecule has 8 heteroatoms. The number of aromatic hydroxyl groups is 1. The molecule has 1 aromatic carbocycles. The fourth-order valence-corrected chi connectivity index (χ4v) is 2.56. The Labute approximate surface area is 117 Å². The largest absolute Gasteiger partial charge is 0.507 e. The van der Waals surface area contributed by atoms with Gasteiger partial charge in [0, 0.05) is 0 Å². The summed E-state index contributed by atoms with van der Waals surface area (Å²) >= 11 is 0. The number of carbonyl (C=O) groups is 1. The minimum Gasteiger partial charge on any atom is -0.507 e. The van der Waals surface area contributed by atoms with Gasteiger partial charge in [0.15, 0.2) is 0 Å². The topological polar surface area (TPSA) is 113 Å². The van der Waals surface area contributed by atoms with Gasteiger partial charge >= 0.3 is 5.97 Å². The van der Waals surface area contributed by atoms with Gasteiger partial charge in [-0.3, -0.25) is 4.84 Å². The predicted octanol–water partition coefficient (Wildman–Crippen LogP) is 1.41. The summed E-state index contributed by atoms with van der Waals surface area (Å²) in [6, 6.07) is 1.97. The van der Waals surface area contributed by atoms with Crippen LogP contribution in [-0.2, 0) is 14.9 Å². The van der Waals surface area contributed by atoms with Crippen molar-refractivity contribution in [1.29, 1.82) is 0 Å². The second-order valence-electron chi connectivity index (χ2n) is 5.24. The molecule has 0 aliphatic rings. The van der Waals surface area contributed by atoms with E-state index in [4.69, 9.17) is 9.94 Å². The van der Waals surface area contributed by atoms with Gasteiger partial charge in [0.1, 0.15) is 11.3 Å². The van der Waals surface area contributed by atoms with Crippen molar-refractivity contribution in [2.24, 2.45) is 0 Å². The van der Waals surface area contributed by atoms with Gasteiger partial charge in [0.05, 0.1) is 10.5 Å².